The van der Waals surface area contributed by atoms with Crippen LogP contribution in [0, 0.1) is 5.92 Å². The number of benzene rings is 2. The summed E-state index contributed by atoms with van der Waals surface area (Å²) in [4.78, 5) is 14.5. The van der Waals surface area contributed by atoms with Gasteiger partial charge in [0.05, 0.1) is 18.8 Å². The summed E-state index contributed by atoms with van der Waals surface area (Å²) in [5.74, 6) is -0.283. The maximum Gasteiger partial charge on any atom is 0.174 e. The zero-order chi connectivity index (χ0) is 19.8. The Morgan fingerprint density at radius 1 is 1.04 bits per heavy atom. The van der Waals surface area contributed by atoms with Crippen LogP contribution in [0.25, 0.3) is 0 Å². The van der Waals surface area contributed by atoms with Crippen LogP contribution in [-0.2, 0) is 15.4 Å². The lowest BCUT2D eigenvalue weighted by molar-refractivity contribution is -0.932. The Balaban J connectivity index is 1.67. The molecular formula is C22H26NO4S+. The summed E-state index contributed by atoms with van der Waals surface area (Å²) in [5.41, 5.74) is 0.0966. The average molecular weight is 401 g/mol. The van der Waals surface area contributed by atoms with Crippen molar-refractivity contribution in [3.8, 4) is 0 Å². The molecule has 0 aromatic heterocycles. The third-order valence-electron chi connectivity index (χ3n) is 6.33. The Hall–Kier alpha value is -2.02. The number of sulfone groups is 1. The van der Waals surface area contributed by atoms with Gasteiger partial charge >= 0.3 is 0 Å². The summed E-state index contributed by atoms with van der Waals surface area (Å²) in [6, 6.07) is 18.5. The van der Waals surface area contributed by atoms with Crippen LogP contribution in [0.5, 0.6) is 0 Å². The number of hydrogen-bond acceptors (Lipinski definition) is 4. The Morgan fingerprint density at radius 3 is 2.29 bits per heavy atom. The third-order valence-corrected chi connectivity index (χ3v) is 8.10. The molecular weight excluding hydrogens is 374 g/mol. The molecule has 0 saturated carbocycles. The first-order valence-corrected chi connectivity index (χ1v) is 11.6. The van der Waals surface area contributed by atoms with E-state index in [1.165, 1.54) is 0 Å². The van der Waals surface area contributed by atoms with Crippen LogP contribution in [0.3, 0.4) is 0 Å². The van der Waals surface area contributed by atoms with Crippen molar-refractivity contribution in [1.82, 2.24) is 0 Å². The molecule has 4 atom stereocenters. The fourth-order valence-corrected chi connectivity index (χ4v) is 6.56. The number of carbonyl (C=O) groups excluding carboxylic acids is 1. The lowest BCUT2D eigenvalue weighted by Gasteiger charge is -2.43. The predicted octanol–water partition coefficient (Wildman–Crippen LogP) is 0.849. The second-order valence-corrected chi connectivity index (χ2v) is 10.3. The molecule has 0 amide bonds. The highest BCUT2D eigenvalue weighted by Gasteiger charge is 2.51. The molecule has 28 heavy (non-hydrogen) atoms. The predicted molar refractivity (Wildman–Crippen MR) is 107 cm³/mol. The molecule has 2 aliphatic rings. The topological polar surface area (TPSA) is 75.9 Å². The summed E-state index contributed by atoms with van der Waals surface area (Å²) in [6.07, 6.45) is 1.07. The third kappa shape index (κ3) is 3.64. The van der Waals surface area contributed by atoms with Gasteiger partial charge in [0.25, 0.3) is 0 Å². The zero-order valence-corrected chi connectivity index (χ0v) is 16.6. The minimum atomic E-state index is -2.98. The molecule has 2 saturated heterocycles. The van der Waals surface area contributed by atoms with Crippen molar-refractivity contribution in [1.29, 1.82) is 0 Å². The number of hydrogen-bond donors (Lipinski definition) is 2. The number of nitrogens with one attached hydrogen (secondary N) is 1. The molecule has 0 aliphatic carbocycles. The number of Topliss-reactive ketones (excluding diaryl/α,β-unsaturated/α-hetero) is 1. The molecule has 2 aliphatic heterocycles. The van der Waals surface area contributed by atoms with Gasteiger partial charge in [0.2, 0.25) is 0 Å². The van der Waals surface area contributed by atoms with E-state index in [4.69, 9.17) is 0 Å². The fourth-order valence-electron chi connectivity index (χ4n) is 4.73. The molecule has 0 spiro atoms. The largest absolute Gasteiger partial charge is 0.384 e. The van der Waals surface area contributed by atoms with Crippen molar-refractivity contribution in [2.75, 3.05) is 24.6 Å². The quantitative estimate of drug-likeness (QED) is 0.746. The van der Waals surface area contributed by atoms with Gasteiger partial charge in [-0.05, 0) is 5.56 Å². The average Bonchev–Trinajstić information content (AvgIpc) is 3.09. The SMILES string of the molecule is O=C(c1ccccc1)[C@@H]1C[NH+]([C@@H]2CCS(=O)(=O)C2)CC[C@]1(O)c1ccccc1. The first-order valence-electron chi connectivity index (χ1n) is 9.81. The highest BCUT2D eigenvalue weighted by Crippen LogP contribution is 2.36. The smallest absolute Gasteiger partial charge is 0.174 e. The standard InChI is InChI=1S/C22H25NO4S/c24-21(17-7-3-1-4-8-17)20-15-23(19-11-14-28(26,27)16-19)13-12-22(20,25)18-9-5-2-6-10-18/h1-10,19-20,25H,11-16H2/p+1/t19-,20+,22+/m1/s1. The maximum atomic E-state index is 13.4. The van der Waals surface area contributed by atoms with Gasteiger partial charge in [-0.1, -0.05) is 60.7 Å². The van der Waals surface area contributed by atoms with Crippen molar-refractivity contribution in [2.45, 2.75) is 24.5 Å². The summed E-state index contributed by atoms with van der Waals surface area (Å²) in [6.45, 7) is 1.10. The van der Waals surface area contributed by atoms with Crippen molar-refractivity contribution in [2.24, 2.45) is 5.92 Å². The number of likely N-dealkylation sites (tertiary alicyclic amines) is 1. The van der Waals surface area contributed by atoms with Crippen molar-refractivity contribution >= 4 is 15.6 Å². The number of ketones is 1. The van der Waals surface area contributed by atoms with E-state index in [0.717, 1.165) is 10.5 Å². The number of aliphatic hydroxyl groups is 1. The molecule has 2 heterocycles. The second kappa shape index (κ2) is 7.43. The molecule has 2 fully saturated rings. The van der Waals surface area contributed by atoms with Gasteiger partial charge in [0, 0.05) is 18.4 Å². The van der Waals surface area contributed by atoms with Crippen LogP contribution in [0.1, 0.15) is 28.8 Å². The number of carbonyl (C=O) groups is 1. The molecule has 0 bridgehead atoms. The highest BCUT2D eigenvalue weighted by atomic mass is 32.2. The monoisotopic (exact) mass is 400 g/mol. The Kier molecular flexibility index (Phi) is 5.12. The van der Waals surface area contributed by atoms with E-state index in [-0.39, 0.29) is 23.3 Å². The minimum absolute atomic E-state index is 0.0106. The van der Waals surface area contributed by atoms with E-state index >= 15 is 0 Å². The van der Waals surface area contributed by atoms with Crippen molar-refractivity contribution < 1.29 is 23.2 Å². The Morgan fingerprint density at radius 2 is 1.68 bits per heavy atom. The number of quaternary nitrogens is 1. The van der Waals surface area contributed by atoms with E-state index in [1.807, 2.05) is 48.5 Å². The number of piperidine rings is 1. The van der Waals surface area contributed by atoms with Gasteiger partial charge in [-0.2, -0.15) is 0 Å². The summed E-state index contributed by atoms with van der Waals surface area (Å²) >= 11 is 0. The molecule has 0 radical (unpaired) electrons. The van der Waals surface area contributed by atoms with Crippen LogP contribution in [0.2, 0.25) is 0 Å². The molecule has 1 unspecified atom stereocenters. The lowest BCUT2D eigenvalue weighted by atomic mass is 9.72. The van der Waals surface area contributed by atoms with Crippen LogP contribution in [-0.4, -0.2) is 49.9 Å². The van der Waals surface area contributed by atoms with Gasteiger partial charge in [-0.15, -0.1) is 0 Å². The molecule has 2 aromatic carbocycles. The first kappa shape index (κ1) is 19.3. The number of rotatable bonds is 4. The molecule has 6 heteroatoms. The molecule has 4 rings (SSSR count). The van der Waals surface area contributed by atoms with Crippen LogP contribution < -0.4 is 4.90 Å². The molecule has 5 nitrogen and oxygen atoms in total. The normalized spacial score (nSPS) is 32.1. The molecule has 2 aromatic rings. The van der Waals surface area contributed by atoms with Crippen LogP contribution in [0.15, 0.2) is 60.7 Å². The van der Waals surface area contributed by atoms with E-state index in [0.29, 0.717) is 31.5 Å². The summed E-state index contributed by atoms with van der Waals surface area (Å²) in [5, 5.41) is 11.6. The van der Waals surface area contributed by atoms with E-state index in [2.05, 4.69) is 0 Å². The highest BCUT2D eigenvalue weighted by molar-refractivity contribution is 7.91. The first-order chi connectivity index (χ1) is 13.4. The summed E-state index contributed by atoms with van der Waals surface area (Å²) in [7, 11) is -2.98. The van der Waals surface area contributed by atoms with E-state index < -0.39 is 21.4 Å². The van der Waals surface area contributed by atoms with Gasteiger partial charge in [0.1, 0.15) is 23.3 Å². The van der Waals surface area contributed by atoms with Gasteiger partial charge in [0.15, 0.2) is 15.6 Å². The fraction of sp³-hybridized carbons (Fsp3) is 0.409. The van der Waals surface area contributed by atoms with Crippen molar-refractivity contribution in [3.05, 3.63) is 71.8 Å². The minimum Gasteiger partial charge on any atom is -0.384 e. The zero-order valence-electron chi connectivity index (χ0n) is 15.8. The Bertz CT molecular complexity index is 945. The Labute approximate surface area is 165 Å². The van der Waals surface area contributed by atoms with Crippen molar-refractivity contribution in [3.63, 3.8) is 0 Å². The summed E-state index contributed by atoms with van der Waals surface area (Å²) < 4.78 is 23.9. The maximum absolute atomic E-state index is 13.4. The van der Waals surface area contributed by atoms with Gasteiger partial charge < -0.3 is 10.0 Å². The van der Waals surface area contributed by atoms with Gasteiger partial charge in [-0.25, -0.2) is 8.42 Å². The lowest BCUT2D eigenvalue weighted by Crippen LogP contribution is -3.18. The van der Waals surface area contributed by atoms with E-state index in [1.54, 1.807) is 12.1 Å². The molecule has 148 valence electrons. The van der Waals surface area contributed by atoms with E-state index in [9.17, 15) is 18.3 Å². The second-order valence-electron chi connectivity index (χ2n) is 8.04. The van der Waals surface area contributed by atoms with Crippen LogP contribution in [0.4, 0.5) is 0 Å². The van der Waals surface area contributed by atoms with Crippen LogP contribution >= 0.6 is 0 Å². The molecule has 2 N–H and O–H groups in total. The van der Waals surface area contributed by atoms with Gasteiger partial charge in [-0.3, -0.25) is 4.79 Å².